The Labute approximate surface area is 74.0 Å². The normalized spacial score (nSPS) is 10.7. The van der Waals surface area contributed by atoms with E-state index in [0.29, 0.717) is 0 Å². The summed E-state index contributed by atoms with van der Waals surface area (Å²) in [7, 11) is 4.33. The Morgan fingerprint density at radius 3 is 2.25 bits per heavy atom. The maximum absolute atomic E-state index is 3.91. The van der Waals surface area contributed by atoms with Gasteiger partial charge in [-0.2, -0.15) is 0 Å². The van der Waals surface area contributed by atoms with E-state index in [1.54, 1.807) is 0 Å². The molecule has 0 saturated carbocycles. The molecule has 2 nitrogen and oxygen atoms in total. The van der Waals surface area contributed by atoms with Gasteiger partial charge < -0.3 is 10.6 Å². The lowest BCUT2D eigenvalue weighted by Gasteiger charge is -2.09. The molecule has 12 heavy (non-hydrogen) atoms. The molecule has 0 unspecified atom stereocenters. The highest BCUT2D eigenvalue weighted by Crippen LogP contribution is 2.04. The SMILES string of the molecule is C[NH+](C)Cc1ccccc1C[NH3+]. The second-order valence-corrected chi connectivity index (χ2v) is 3.40. The number of benzene rings is 1. The van der Waals surface area contributed by atoms with Crippen LogP contribution in [-0.4, -0.2) is 14.1 Å². The van der Waals surface area contributed by atoms with E-state index < -0.39 is 0 Å². The lowest BCUT2D eigenvalue weighted by molar-refractivity contribution is -0.872. The molecule has 0 aliphatic carbocycles. The van der Waals surface area contributed by atoms with Gasteiger partial charge in [-0.1, -0.05) is 24.3 Å². The van der Waals surface area contributed by atoms with Crippen molar-refractivity contribution in [1.29, 1.82) is 0 Å². The molecule has 2 heteroatoms. The standard InChI is InChI=1S/C10H16N2/c1-12(2)8-10-6-4-3-5-9(10)7-11/h3-6H,7-8,11H2,1-2H3/p+2. The van der Waals surface area contributed by atoms with Crippen LogP contribution < -0.4 is 10.6 Å². The fourth-order valence-corrected chi connectivity index (χ4v) is 1.35. The molecule has 0 aliphatic rings. The summed E-state index contributed by atoms with van der Waals surface area (Å²) in [4.78, 5) is 1.45. The van der Waals surface area contributed by atoms with E-state index in [0.717, 1.165) is 13.1 Å². The third-order valence-corrected chi connectivity index (χ3v) is 1.93. The van der Waals surface area contributed by atoms with Crippen LogP contribution >= 0.6 is 0 Å². The first-order valence-electron chi connectivity index (χ1n) is 4.39. The van der Waals surface area contributed by atoms with E-state index in [1.165, 1.54) is 16.0 Å². The van der Waals surface area contributed by atoms with Crippen molar-refractivity contribution in [1.82, 2.24) is 0 Å². The predicted octanol–water partition coefficient (Wildman–Crippen LogP) is -0.927. The van der Waals surface area contributed by atoms with Crippen molar-refractivity contribution in [2.24, 2.45) is 0 Å². The van der Waals surface area contributed by atoms with Crippen LogP contribution in [0.25, 0.3) is 0 Å². The summed E-state index contributed by atoms with van der Waals surface area (Å²) in [5, 5.41) is 0. The van der Waals surface area contributed by atoms with E-state index in [4.69, 9.17) is 0 Å². The molecule has 66 valence electrons. The molecule has 0 fully saturated rings. The van der Waals surface area contributed by atoms with Crippen molar-refractivity contribution >= 4 is 0 Å². The van der Waals surface area contributed by atoms with Crippen molar-refractivity contribution in [2.75, 3.05) is 14.1 Å². The van der Waals surface area contributed by atoms with Gasteiger partial charge in [0, 0.05) is 11.1 Å². The molecule has 0 saturated heterocycles. The summed E-state index contributed by atoms with van der Waals surface area (Å²) in [6.07, 6.45) is 0. The van der Waals surface area contributed by atoms with Gasteiger partial charge in [0.25, 0.3) is 0 Å². The first-order chi connectivity index (χ1) is 5.74. The smallest absolute Gasteiger partial charge is 0.103 e. The molecular formula is C10H18N2+2. The van der Waals surface area contributed by atoms with Crippen molar-refractivity contribution in [3.05, 3.63) is 35.4 Å². The number of quaternary nitrogens is 2. The van der Waals surface area contributed by atoms with Crippen LogP contribution in [0.4, 0.5) is 0 Å². The molecule has 0 aliphatic heterocycles. The molecule has 0 atom stereocenters. The van der Waals surface area contributed by atoms with Gasteiger partial charge in [-0.3, -0.25) is 0 Å². The summed E-state index contributed by atoms with van der Waals surface area (Å²) < 4.78 is 0. The van der Waals surface area contributed by atoms with Gasteiger partial charge in [-0.15, -0.1) is 0 Å². The molecule has 0 aromatic heterocycles. The van der Waals surface area contributed by atoms with E-state index in [2.05, 4.69) is 44.1 Å². The first-order valence-corrected chi connectivity index (χ1v) is 4.39. The van der Waals surface area contributed by atoms with Gasteiger partial charge in [0.15, 0.2) is 0 Å². The summed E-state index contributed by atoms with van der Waals surface area (Å²) in [6.45, 7) is 1.98. The Kier molecular flexibility index (Phi) is 3.26. The predicted molar refractivity (Wildman–Crippen MR) is 49.5 cm³/mol. The summed E-state index contributed by atoms with van der Waals surface area (Å²) >= 11 is 0. The summed E-state index contributed by atoms with van der Waals surface area (Å²) in [6, 6.07) is 8.52. The fraction of sp³-hybridized carbons (Fsp3) is 0.400. The average Bonchev–Trinajstić information content (AvgIpc) is 2.04. The second kappa shape index (κ2) is 4.24. The van der Waals surface area contributed by atoms with Gasteiger partial charge in [0.05, 0.1) is 14.1 Å². The van der Waals surface area contributed by atoms with Crippen LogP contribution in [0.1, 0.15) is 11.1 Å². The Hall–Kier alpha value is -0.860. The van der Waals surface area contributed by atoms with Crippen molar-refractivity contribution in [3.63, 3.8) is 0 Å². The number of hydrogen-bond acceptors (Lipinski definition) is 0. The van der Waals surface area contributed by atoms with Crippen LogP contribution in [-0.2, 0) is 13.1 Å². The monoisotopic (exact) mass is 166 g/mol. The molecule has 1 aromatic carbocycles. The number of nitrogens with one attached hydrogen (secondary N) is 1. The third kappa shape index (κ3) is 2.32. The lowest BCUT2D eigenvalue weighted by atomic mass is 10.1. The van der Waals surface area contributed by atoms with Crippen LogP contribution in [0.3, 0.4) is 0 Å². The number of rotatable bonds is 3. The van der Waals surface area contributed by atoms with E-state index >= 15 is 0 Å². The van der Waals surface area contributed by atoms with Crippen LogP contribution in [0, 0.1) is 0 Å². The van der Waals surface area contributed by atoms with Crippen LogP contribution in [0.15, 0.2) is 24.3 Å². The Morgan fingerprint density at radius 2 is 1.75 bits per heavy atom. The average molecular weight is 166 g/mol. The maximum Gasteiger partial charge on any atom is 0.103 e. The van der Waals surface area contributed by atoms with Crippen molar-refractivity contribution < 1.29 is 10.6 Å². The minimum Gasteiger partial charge on any atom is -0.354 e. The van der Waals surface area contributed by atoms with Gasteiger partial charge in [-0.25, -0.2) is 0 Å². The lowest BCUT2D eigenvalue weighted by Crippen LogP contribution is -3.04. The first kappa shape index (κ1) is 9.23. The van der Waals surface area contributed by atoms with Gasteiger partial charge in [0.1, 0.15) is 13.1 Å². The minimum atomic E-state index is 0.892. The van der Waals surface area contributed by atoms with Gasteiger partial charge >= 0.3 is 0 Å². The van der Waals surface area contributed by atoms with Crippen molar-refractivity contribution in [2.45, 2.75) is 13.1 Å². The van der Waals surface area contributed by atoms with Gasteiger partial charge in [0.2, 0.25) is 0 Å². The third-order valence-electron chi connectivity index (χ3n) is 1.93. The molecule has 0 radical (unpaired) electrons. The van der Waals surface area contributed by atoms with Crippen LogP contribution in [0.2, 0.25) is 0 Å². The van der Waals surface area contributed by atoms with Gasteiger partial charge in [-0.05, 0) is 0 Å². The fourth-order valence-electron chi connectivity index (χ4n) is 1.35. The molecule has 0 bridgehead atoms. The highest BCUT2D eigenvalue weighted by Gasteiger charge is 2.03. The summed E-state index contributed by atoms with van der Waals surface area (Å²) in [5.41, 5.74) is 6.71. The zero-order valence-electron chi connectivity index (χ0n) is 7.93. The van der Waals surface area contributed by atoms with Crippen LogP contribution in [0.5, 0.6) is 0 Å². The second-order valence-electron chi connectivity index (χ2n) is 3.40. The molecule has 0 amide bonds. The maximum atomic E-state index is 3.91. The minimum absolute atomic E-state index is 0.892. The van der Waals surface area contributed by atoms with Crippen molar-refractivity contribution in [3.8, 4) is 0 Å². The van der Waals surface area contributed by atoms with E-state index in [9.17, 15) is 0 Å². The largest absolute Gasteiger partial charge is 0.354 e. The Bertz CT molecular complexity index is 243. The Balaban J connectivity index is 2.82. The molecule has 0 heterocycles. The summed E-state index contributed by atoms with van der Waals surface area (Å²) in [5.74, 6) is 0. The molecular weight excluding hydrogens is 148 g/mol. The topological polar surface area (TPSA) is 32.1 Å². The number of hydrogen-bond donors (Lipinski definition) is 2. The molecule has 0 spiro atoms. The molecule has 4 N–H and O–H groups in total. The molecule has 1 aromatic rings. The molecule has 1 rings (SSSR count). The zero-order valence-corrected chi connectivity index (χ0v) is 7.93. The van der Waals surface area contributed by atoms with E-state index in [1.807, 2.05) is 0 Å². The van der Waals surface area contributed by atoms with E-state index in [-0.39, 0.29) is 0 Å². The Morgan fingerprint density at radius 1 is 1.17 bits per heavy atom. The quantitative estimate of drug-likeness (QED) is 0.582. The highest BCUT2D eigenvalue weighted by molar-refractivity contribution is 5.25. The zero-order chi connectivity index (χ0) is 8.97. The highest BCUT2D eigenvalue weighted by atomic mass is 15.0.